The van der Waals surface area contributed by atoms with Gasteiger partial charge in [0, 0.05) is 58.8 Å². The van der Waals surface area contributed by atoms with Gasteiger partial charge in [-0.2, -0.15) is 0 Å². The molecular weight excluding hydrogens is 436 g/mol. The molecule has 0 unspecified atom stereocenters. The fourth-order valence-corrected chi connectivity index (χ4v) is 5.27. The van der Waals surface area contributed by atoms with Crippen molar-refractivity contribution in [1.82, 2.24) is 19.6 Å². The number of piperidine rings is 1. The third-order valence-corrected chi connectivity index (χ3v) is 7.44. The SMILES string of the molecule is CN(CC(=O)N1CCN(Cc2ccccc2)CC1)C(=O)C1CCN(C(=O)c2cccs2)CC1. The first-order valence-electron chi connectivity index (χ1n) is 11.6. The summed E-state index contributed by atoms with van der Waals surface area (Å²) in [5, 5.41) is 1.90. The quantitative estimate of drug-likeness (QED) is 0.653. The zero-order valence-electron chi connectivity index (χ0n) is 19.2. The van der Waals surface area contributed by atoms with Crippen LogP contribution in [0.3, 0.4) is 0 Å². The van der Waals surface area contributed by atoms with Crippen LogP contribution in [0, 0.1) is 5.92 Å². The van der Waals surface area contributed by atoms with Crippen molar-refractivity contribution in [2.24, 2.45) is 5.92 Å². The van der Waals surface area contributed by atoms with Gasteiger partial charge in [0.2, 0.25) is 11.8 Å². The van der Waals surface area contributed by atoms with Crippen LogP contribution >= 0.6 is 11.3 Å². The van der Waals surface area contributed by atoms with Gasteiger partial charge >= 0.3 is 0 Å². The van der Waals surface area contributed by atoms with Crippen molar-refractivity contribution < 1.29 is 14.4 Å². The third-order valence-electron chi connectivity index (χ3n) is 6.59. The lowest BCUT2D eigenvalue weighted by Crippen LogP contribution is -2.51. The molecule has 2 aromatic rings. The zero-order valence-corrected chi connectivity index (χ0v) is 20.0. The van der Waals surface area contributed by atoms with E-state index in [1.165, 1.54) is 16.9 Å². The maximum Gasteiger partial charge on any atom is 0.263 e. The number of amides is 3. The Morgan fingerprint density at radius 3 is 2.24 bits per heavy atom. The van der Waals surface area contributed by atoms with Crippen LogP contribution in [0.25, 0.3) is 0 Å². The topological polar surface area (TPSA) is 64.2 Å². The highest BCUT2D eigenvalue weighted by Gasteiger charge is 2.31. The number of rotatable bonds is 6. The number of thiophene rings is 1. The number of likely N-dealkylation sites (tertiary alicyclic amines) is 1. The number of benzene rings is 1. The van der Waals surface area contributed by atoms with Crippen molar-refractivity contribution in [1.29, 1.82) is 0 Å². The molecule has 0 aliphatic carbocycles. The highest BCUT2D eigenvalue weighted by Crippen LogP contribution is 2.22. The van der Waals surface area contributed by atoms with Crippen molar-refractivity contribution >= 4 is 29.1 Å². The van der Waals surface area contributed by atoms with E-state index in [1.807, 2.05) is 45.5 Å². The molecule has 3 amide bonds. The summed E-state index contributed by atoms with van der Waals surface area (Å²) >= 11 is 1.45. The van der Waals surface area contributed by atoms with Crippen molar-refractivity contribution in [3.8, 4) is 0 Å². The Kier molecular flexibility index (Phi) is 7.77. The Bertz CT molecular complexity index is 934. The van der Waals surface area contributed by atoms with Crippen LogP contribution in [0.2, 0.25) is 0 Å². The predicted molar refractivity (Wildman–Crippen MR) is 129 cm³/mol. The lowest BCUT2D eigenvalue weighted by molar-refractivity contribution is -0.143. The monoisotopic (exact) mass is 468 g/mol. The fraction of sp³-hybridized carbons (Fsp3) is 0.480. The van der Waals surface area contributed by atoms with Gasteiger partial charge in [-0.15, -0.1) is 11.3 Å². The van der Waals surface area contributed by atoms with E-state index in [0.717, 1.165) is 24.5 Å². The molecule has 7 nitrogen and oxygen atoms in total. The molecule has 0 radical (unpaired) electrons. The molecule has 0 saturated carbocycles. The van der Waals surface area contributed by atoms with Crippen LogP contribution < -0.4 is 0 Å². The second-order valence-electron chi connectivity index (χ2n) is 8.88. The Hall–Kier alpha value is -2.71. The van der Waals surface area contributed by atoms with Crippen molar-refractivity contribution in [2.45, 2.75) is 19.4 Å². The van der Waals surface area contributed by atoms with Gasteiger partial charge in [-0.05, 0) is 29.9 Å². The largest absolute Gasteiger partial charge is 0.339 e. The Labute approximate surface area is 199 Å². The maximum atomic E-state index is 12.9. The van der Waals surface area contributed by atoms with E-state index in [1.54, 1.807) is 11.9 Å². The van der Waals surface area contributed by atoms with Crippen molar-refractivity contribution in [3.63, 3.8) is 0 Å². The first-order chi connectivity index (χ1) is 16.0. The van der Waals surface area contributed by atoms with Gasteiger partial charge in [-0.25, -0.2) is 0 Å². The van der Waals surface area contributed by atoms with Crippen LogP contribution in [0.4, 0.5) is 0 Å². The van der Waals surface area contributed by atoms with Crippen molar-refractivity contribution in [3.05, 3.63) is 58.3 Å². The van der Waals surface area contributed by atoms with E-state index in [4.69, 9.17) is 0 Å². The molecule has 176 valence electrons. The molecule has 4 rings (SSSR count). The summed E-state index contributed by atoms with van der Waals surface area (Å²) in [4.78, 5) is 46.6. The normalized spacial score (nSPS) is 17.7. The fourth-order valence-electron chi connectivity index (χ4n) is 4.58. The molecule has 1 aromatic carbocycles. The number of hydrogen-bond donors (Lipinski definition) is 0. The molecular formula is C25H32N4O3S. The van der Waals surface area contributed by atoms with Crippen molar-refractivity contribution in [2.75, 3.05) is 52.9 Å². The molecule has 8 heteroatoms. The molecule has 0 bridgehead atoms. The third kappa shape index (κ3) is 6.00. The Morgan fingerprint density at radius 1 is 0.909 bits per heavy atom. The lowest BCUT2D eigenvalue weighted by atomic mass is 9.95. The molecule has 1 aromatic heterocycles. The number of carbonyl (C=O) groups excluding carboxylic acids is 3. The second kappa shape index (κ2) is 10.9. The minimum absolute atomic E-state index is 0.00860. The molecule has 0 N–H and O–H groups in total. The first kappa shape index (κ1) is 23.4. The number of likely N-dealkylation sites (N-methyl/N-ethyl adjacent to an activating group) is 1. The van der Waals surface area contributed by atoms with E-state index in [0.29, 0.717) is 39.0 Å². The highest BCUT2D eigenvalue weighted by molar-refractivity contribution is 7.12. The summed E-state index contributed by atoms with van der Waals surface area (Å²) in [7, 11) is 1.72. The molecule has 2 fully saturated rings. The molecule has 0 atom stereocenters. The van der Waals surface area contributed by atoms with Gasteiger partial charge in [0.25, 0.3) is 5.91 Å². The number of piperazine rings is 1. The Balaban J connectivity index is 1.19. The summed E-state index contributed by atoms with van der Waals surface area (Å²) in [6, 6.07) is 14.1. The van der Waals surface area contributed by atoms with Crippen LogP contribution in [0.15, 0.2) is 47.8 Å². The van der Waals surface area contributed by atoms with Crippen LogP contribution in [0.5, 0.6) is 0 Å². The van der Waals surface area contributed by atoms with E-state index in [9.17, 15) is 14.4 Å². The van der Waals surface area contributed by atoms with Crippen LogP contribution in [0.1, 0.15) is 28.1 Å². The first-order valence-corrected chi connectivity index (χ1v) is 12.5. The summed E-state index contributed by atoms with van der Waals surface area (Å²) in [5.74, 6) is -0.0615. The highest BCUT2D eigenvalue weighted by atomic mass is 32.1. The lowest BCUT2D eigenvalue weighted by Gasteiger charge is -2.36. The van der Waals surface area contributed by atoms with Gasteiger partial charge in [0.15, 0.2) is 0 Å². The number of carbonyl (C=O) groups is 3. The van der Waals surface area contributed by atoms with E-state index in [-0.39, 0.29) is 30.2 Å². The minimum Gasteiger partial charge on any atom is -0.339 e. The number of hydrogen-bond acceptors (Lipinski definition) is 5. The van der Waals surface area contributed by atoms with Gasteiger partial charge in [0.05, 0.1) is 11.4 Å². The summed E-state index contributed by atoms with van der Waals surface area (Å²) in [5.41, 5.74) is 1.28. The van der Waals surface area contributed by atoms with Gasteiger partial charge in [-0.1, -0.05) is 36.4 Å². The summed E-state index contributed by atoms with van der Waals surface area (Å²) in [6.07, 6.45) is 1.29. The predicted octanol–water partition coefficient (Wildman–Crippen LogP) is 2.40. The van der Waals surface area contributed by atoms with Gasteiger partial charge < -0.3 is 14.7 Å². The smallest absolute Gasteiger partial charge is 0.263 e. The average Bonchev–Trinajstić information content (AvgIpc) is 3.39. The summed E-state index contributed by atoms with van der Waals surface area (Å²) in [6.45, 7) is 5.25. The number of nitrogens with zero attached hydrogens (tertiary/aromatic N) is 4. The molecule has 33 heavy (non-hydrogen) atoms. The standard InChI is InChI=1S/C25H32N4O3S/c1-26(24(31)21-9-11-29(12-10-21)25(32)22-8-5-17-33-22)19-23(30)28-15-13-27(14-16-28)18-20-6-3-2-4-7-20/h2-8,17,21H,9-16,18-19H2,1H3. The molecule has 2 aliphatic heterocycles. The van der Waals surface area contributed by atoms with E-state index >= 15 is 0 Å². The minimum atomic E-state index is -0.127. The molecule has 0 spiro atoms. The average molecular weight is 469 g/mol. The van der Waals surface area contributed by atoms with Gasteiger partial charge in [-0.3, -0.25) is 19.3 Å². The molecule has 3 heterocycles. The Morgan fingerprint density at radius 2 is 1.61 bits per heavy atom. The van der Waals surface area contributed by atoms with E-state index in [2.05, 4.69) is 17.0 Å². The van der Waals surface area contributed by atoms with Gasteiger partial charge in [0.1, 0.15) is 0 Å². The maximum absolute atomic E-state index is 12.9. The van der Waals surface area contributed by atoms with E-state index < -0.39 is 0 Å². The molecule has 2 aliphatic rings. The zero-order chi connectivity index (χ0) is 23.2. The summed E-state index contributed by atoms with van der Waals surface area (Å²) < 4.78 is 0. The second-order valence-corrected chi connectivity index (χ2v) is 9.83. The van der Waals surface area contributed by atoms with Crippen LogP contribution in [-0.4, -0.2) is 90.2 Å². The molecule has 2 saturated heterocycles. The van der Waals surface area contributed by atoms with Crippen LogP contribution in [-0.2, 0) is 16.1 Å².